The van der Waals surface area contributed by atoms with E-state index in [0.717, 1.165) is 5.56 Å². The first kappa shape index (κ1) is 16.6. The van der Waals surface area contributed by atoms with E-state index in [2.05, 4.69) is 24.9 Å². The average molecular weight is 364 g/mol. The third-order valence-corrected chi connectivity index (χ3v) is 3.84. The molecule has 9 heteroatoms. The van der Waals surface area contributed by atoms with Gasteiger partial charge in [0.1, 0.15) is 11.4 Å². The molecular weight excluding hydrogens is 354 g/mol. The quantitative estimate of drug-likeness (QED) is 0.407. The third-order valence-electron chi connectivity index (χ3n) is 3.84. The number of nitrogens with zero attached hydrogens (tertiary/aromatic N) is 6. The van der Waals surface area contributed by atoms with Crippen molar-refractivity contribution in [3.05, 3.63) is 60.8 Å². The number of fused-ring (bicyclic) bond motifs is 1. The Morgan fingerprint density at radius 1 is 1.11 bits per heavy atom. The molecule has 0 spiro atoms. The van der Waals surface area contributed by atoms with Crippen molar-refractivity contribution in [2.45, 2.75) is 6.43 Å². The second kappa shape index (κ2) is 6.81. The molecule has 1 aromatic carbocycles. The second-order valence-electron chi connectivity index (χ2n) is 5.50. The number of hydrogen-bond donors (Lipinski definition) is 0. The van der Waals surface area contributed by atoms with Gasteiger partial charge in [-0.1, -0.05) is 12.1 Å². The largest absolute Gasteiger partial charge is 0.294 e. The topological polar surface area (TPSA) is 85.4 Å². The molecule has 132 valence electrons. The fraction of sp³-hybridized carbons (Fsp3) is 0.0556. The van der Waals surface area contributed by atoms with Gasteiger partial charge in [-0.25, -0.2) is 33.5 Å². The SMILES string of the molecule is O=C=Nc1cccc(-c2ccnc(-c3cnc4cnc(C(F)F)cn34)n2)c1. The van der Waals surface area contributed by atoms with Crippen LogP contribution in [0.2, 0.25) is 0 Å². The summed E-state index contributed by atoms with van der Waals surface area (Å²) in [5.74, 6) is 0.315. The van der Waals surface area contributed by atoms with Crippen molar-refractivity contribution in [2.24, 2.45) is 4.99 Å². The number of isocyanates is 1. The monoisotopic (exact) mass is 364 g/mol. The van der Waals surface area contributed by atoms with Crippen LogP contribution < -0.4 is 0 Å². The lowest BCUT2D eigenvalue weighted by Gasteiger charge is -2.06. The minimum Gasteiger partial charge on any atom is -0.294 e. The zero-order chi connectivity index (χ0) is 18.8. The van der Waals surface area contributed by atoms with E-state index in [1.54, 1.807) is 30.5 Å². The molecule has 7 nitrogen and oxygen atoms in total. The standard InChI is InChI=1S/C18H10F2N6O/c19-17(20)14-9-26-15(7-23-16(26)8-22-14)18-21-5-4-13(25-18)11-2-1-3-12(6-11)24-10-27/h1-9,17H. The molecule has 4 rings (SSSR count). The summed E-state index contributed by atoms with van der Waals surface area (Å²) in [4.78, 5) is 30.6. The molecule has 0 saturated carbocycles. The van der Waals surface area contributed by atoms with Crippen molar-refractivity contribution < 1.29 is 13.6 Å². The molecule has 3 heterocycles. The van der Waals surface area contributed by atoms with Crippen LogP contribution in [0.15, 0.2) is 60.1 Å². The summed E-state index contributed by atoms with van der Waals surface area (Å²) in [6, 6.07) is 8.60. The molecule has 0 N–H and O–H groups in total. The van der Waals surface area contributed by atoms with Gasteiger partial charge in [0, 0.05) is 18.0 Å². The van der Waals surface area contributed by atoms with E-state index in [9.17, 15) is 13.6 Å². The molecule has 3 aromatic heterocycles. The van der Waals surface area contributed by atoms with Gasteiger partial charge in [0.05, 0.1) is 23.8 Å². The fourth-order valence-electron chi connectivity index (χ4n) is 2.61. The van der Waals surface area contributed by atoms with Crippen molar-refractivity contribution in [1.82, 2.24) is 24.3 Å². The third kappa shape index (κ3) is 3.19. The number of carbonyl (C=O) groups excluding carboxylic acids is 1. The van der Waals surface area contributed by atoms with Crippen LogP contribution in [0.25, 0.3) is 28.4 Å². The van der Waals surface area contributed by atoms with Crippen LogP contribution in [-0.2, 0) is 4.79 Å². The Morgan fingerprint density at radius 3 is 2.81 bits per heavy atom. The molecule has 0 aliphatic heterocycles. The molecular formula is C18H10F2N6O. The predicted molar refractivity (Wildman–Crippen MR) is 92.2 cm³/mol. The van der Waals surface area contributed by atoms with Gasteiger partial charge in [0.25, 0.3) is 6.43 Å². The molecule has 0 radical (unpaired) electrons. The van der Waals surface area contributed by atoms with Crippen LogP contribution in [0.5, 0.6) is 0 Å². The Balaban J connectivity index is 1.81. The normalized spacial score (nSPS) is 10.9. The Labute approximate surface area is 151 Å². The fourth-order valence-corrected chi connectivity index (χ4v) is 2.61. The summed E-state index contributed by atoms with van der Waals surface area (Å²) in [7, 11) is 0. The van der Waals surface area contributed by atoms with E-state index >= 15 is 0 Å². The van der Waals surface area contributed by atoms with Crippen LogP contribution in [-0.4, -0.2) is 30.4 Å². The Kier molecular flexibility index (Phi) is 4.19. The van der Waals surface area contributed by atoms with Gasteiger partial charge in [-0.05, 0) is 18.2 Å². The Morgan fingerprint density at radius 2 is 2.00 bits per heavy atom. The highest BCUT2D eigenvalue weighted by Gasteiger charge is 2.14. The van der Waals surface area contributed by atoms with E-state index in [1.807, 2.05) is 6.07 Å². The predicted octanol–water partition coefficient (Wildman–Crippen LogP) is 3.76. The maximum atomic E-state index is 13.0. The summed E-state index contributed by atoms with van der Waals surface area (Å²) in [5, 5.41) is 0. The second-order valence-corrected chi connectivity index (χ2v) is 5.50. The number of halogens is 2. The van der Waals surface area contributed by atoms with Crippen molar-refractivity contribution in [3.63, 3.8) is 0 Å². The smallest absolute Gasteiger partial charge is 0.281 e. The average Bonchev–Trinajstić information content (AvgIpc) is 3.12. The number of imidazole rings is 1. The van der Waals surface area contributed by atoms with Gasteiger partial charge < -0.3 is 0 Å². The molecule has 0 amide bonds. The molecule has 0 saturated heterocycles. The first-order valence-electron chi connectivity index (χ1n) is 7.78. The summed E-state index contributed by atoms with van der Waals surface area (Å²) < 4.78 is 27.4. The molecule has 0 bridgehead atoms. The Hall–Kier alpha value is -3.84. The molecule has 0 aliphatic carbocycles. The number of benzene rings is 1. The van der Waals surface area contributed by atoms with Crippen molar-refractivity contribution >= 4 is 17.4 Å². The molecule has 0 aliphatic rings. The van der Waals surface area contributed by atoms with Crippen molar-refractivity contribution in [2.75, 3.05) is 0 Å². The van der Waals surface area contributed by atoms with Crippen molar-refractivity contribution in [1.29, 1.82) is 0 Å². The zero-order valence-corrected chi connectivity index (χ0v) is 13.6. The maximum absolute atomic E-state index is 13.0. The van der Waals surface area contributed by atoms with E-state index in [1.165, 1.54) is 29.1 Å². The molecule has 4 aromatic rings. The molecule has 27 heavy (non-hydrogen) atoms. The summed E-state index contributed by atoms with van der Waals surface area (Å²) in [6.45, 7) is 0. The van der Waals surface area contributed by atoms with Crippen LogP contribution in [0.1, 0.15) is 12.1 Å². The van der Waals surface area contributed by atoms with E-state index in [4.69, 9.17) is 0 Å². The van der Waals surface area contributed by atoms with Crippen LogP contribution >= 0.6 is 0 Å². The lowest BCUT2D eigenvalue weighted by molar-refractivity contribution is 0.145. The van der Waals surface area contributed by atoms with Gasteiger partial charge in [-0.3, -0.25) is 4.40 Å². The van der Waals surface area contributed by atoms with Crippen molar-refractivity contribution in [3.8, 4) is 22.8 Å². The van der Waals surface area contributed by atoms with Gasteiger partial charge in [-0.15, -0.1) is 0 Å². The Bertz CT molecular complexity index is 1180. The lowest BCUT2D eigenvalue weighted by Crippen LogP contribution is -1.98. The highest BCUT2D eigenvalue weighted by atomic mass is 19.3. The molecule has 0 fully saturated rings. The minimum atomic E-state index is -2.70. The maximum Gasteiger partial charge on any atom is 0.281 e. The summed E-state index contributed by atoms with van der Waals surface area (Å²) in [5.41, 5.74) is 2.26. The first-order chi connectivity index (χ1) is 13.2. The molecule has 0 unspecified atom stereocenters. The summed E-state index contributed by atoms with van der Waals surface area (Å²) in [6.07, 6.45) is 4.35. The zero-order valence-electron chi connectivity index (χ0n) is 13.6. The van der Waals surface area contributed by atoms with Gasteiger partial charge in [-0.2, -0.15) is 4.99 Å². The number of rotatable bonds is 4. The summed E-state index contributed by atoms with van der Waals surface area (Å²) >= 11 is 0. The minimum absolute atomic E-state index is 0.315. The highest BCUT2D eigenvalue weighted by molar-refractivity contribution is 5.67. The number of alkyl halides is 2. The molecule has 0 atom stereocenters. The van der Waals surface area contributed by atoms with Gasteiger partial charge >= 0.3 is 0 Å². The van der Waals surface area contributed by atoms with Gasteiger partial charge in [0.15, 0.2) is 11.5 Å². The van der Waals surface area contributed by atoms with Gasteiger partial charge in [0.2, 0.25) is 6.08 Å². The van der Waals surface area contributed by atoms with E-state index in [0.29, 0.717) is 28.5 Å². The van der Waals surface area contributed by atoms with Crippen LogP contribution in [0.4, 0.5) is 14.5 Å². The first-order valence-corrected chi connectivity index (χ1v) is 7.78. The lowest BCUT2D eigenvalue weighted by atomic mass is 10.1. The van der Waals surface area contributed by atoms with E-state index in [-0.39, 0.29) is 5.69 Å². The highest BCUT2D eigenvalue weighted by Crippen LogP contribution is 2.25. The van der Waals surface area contributed by atoms with Crippen LogP contribution in [0, 0.1) is 0 Å². The van der Waals surface area contributed by atoms with Crippen LogP contribution in [0.3, 0.4) is 0 Å². The number of aliphatic imine (C=N–C) groups is 1. The number of hydrogen-bond acceptors (Lipinski definition) is 6. The number of aromatic nitrogens is 5. The van der Waals surface area contributed by atoms with E-state index < -0.39 is 6.43 Å².